The number of alkyl halides is 3. The molecule has 0 radical (unpaired) electrons. The van der Waals surface area contributed by atoms with E-state index in [1.165, 1.54) is 31.4 Å². The van der Waals surface area contributed by atoms with Gasteiger partial charge >= 0.3 is 12.1 Å². The summed E-state index contributed by atoms with van der Waals surface area (Å²) >= 11 is 6.02. The van der Waals surface area contributed by atoms with E-state index in [0.29, 0.717) is 28.2 Å². The van der Waals surface area contributed by atoms with Crippen LogP contribution in [0.5, 0.6) is 11.5 Å². The van der Waals surface area contributed by atoms with Crippen molar-refractivity contribution in [1.29, 1.82) is 0 Å². The molecular weight excluding hydrogens is 556 g/mol. The van der Waals surface area contributed by atoms with Gasteiger partial charge in [0.05, 0.1) is 25.0 Å². The SMILES string of the molecule is COc1cc(N=C(C(=O)N2CCc3cc(F)c(C(F)(F)F)cc32)c2ccc(Cl)cc2)cc(OCCCC(=O)O)c1. The van der Waals surface area contributed by atoms with Crippen molar-refractivity contribution in [3.05, 3.63) is 82.1 Å². The van der Waals surface area contributed by atoms with Crippen LogP contribution in [0.1, 0.15) is 29.5 Å². The third-order valence-electron chi connectivity index (χ3n) is 6.08. The number of rotatable bonds is 9. The van der Waals surface area contributed by atoms with E-state index in [2.05, 4.69) is 4.99 Å². The van der Waals surface area contributed by atoms with Crippen molar-refractivity contribution < 1.29 is 41.7 Å². The zero-order valence-corrected chi connectivity index (χ0v) is 21.9. The number of carboxylic acid groups (broad SMARTS) is 1. The van der Waals surface area contributed by atoms with Gasteiger partial charge in [0, 0.05) is 47.4 Å². The van der Waals surface area contributed by atoms with Crippen LogP contribution in [0.25, 0.3) is 0 Å². The maximum atomic E-state index is 14.2. The van der Waals surface area contributed by atoms with Crippen molar-refractivity contribution in [1.82, 2.24) is 0 Å². The van der Waals surface area contributed by atoms with Crippen LogP contribution in [-0.2, 0) is 22.2 Å². The topological polar surface area (TPSA) is 88.4 Å². The third-order valence-corrected chi connectivity index (χ3v) is 6.33. The predicted molar refractivity (Wildman–Crippen MR) is 140 cm³/mol. The first-order valence-corrected chi connectivity index (χ1v) is 12.4. The molecule has 0 atom stereocenters. The molecule has 1 N–H and O–H groups in total. The predicted octanol–water partition coefficient (Wildman–Crippen LogP) is 6.46. The Morgan fingerprint density at radius 2 is 1.77 bits per heavy atom. The van der Waals surface area contributed by atoms with Crippen LogP contribution in [0.4, 0.5) is 28.9 Å². The van der Waals surface area contributed by atoms with Crippen molar-refractivity contribution in [2.24, 2.45) is 4.99 Å². The number of hydrogen-bond donors (Lipinski definition) is 1. The van der Waals surface area contributed by atoms with Gasteiger partial charge in [0.1, 0.15) is 23.0 Å². The number of aliphatic carboxylic acids is 1. The van der Waals surface area contributed by atoms with Crippen LogP contribution in [0.2, 0.25) is 5.02 Å². The number of carbonyl (C=O) groups excluding carboxylic acids is 1. The Bertz CT molecular complexity index is 1460. The molecule has 4 rings (SSSR count). The Morgan fingerprint density at radius 3 is 2.42 bits per heavy atom. The van der Waals surface area contributed by atoms with Crippen molar-refractivity contribution >= 4 is 40.6 Å². The number of fused-ring (bicyclic) bond motifs is 1. The minimum absolute atomic E-state index is 0.0254. The smallest absolute Gasteiger partial charge is 0.419 e. The molecule has 0 saturated heterocycles. The van der Waals surface area contributed by atoms with Gasteiger partial charge in [-0.3, -0.25) is 9.59 Å². The number of nitrogens with zero attached hydrogens (tertiary/aromatic N) is 2. The summed E-state index contributed by atoms with van der Waals surface area (Å²) in [6.45, 7) is 0.131. The second kappa shape index (κ2) is 12.0. The van der Waals surface area contributed by atoms with Crippen LogP contribution < -0.4 is 14.4 Å². The standard InChI is InChI=1S/C28H23ClF4N2O5/c1-39-20-12-19(13-21(14-20)40-10-2-3-25(36)37)34-26(16-4-6-18(29)7-5-16)27(38)35-9-8-17-11-23(30)22(15-24(17)35)28(31,32)33/h4-7,11-15H,2-3,8-10H2,1H3,(H,36,37). The van der Waals surface area contributed by atoms with E-state index < -0.39 is 29.4 Å². The minimum atomic E-state index is -4.94. The van der Waals surface area contributed by atoms with Gasteiger partial charge in [0.15, 0.2) is 0 Å². The maximum Gasteiger partial charge on any atom is 0.419 e. The normalized spacial score (nSPS) is 13.2. The lowest BCUT2D eigenvalue weighted by molar-refractivity contribution is -0.140. The van der Waals surface area contributed by atoms with Crippen LogP contribution >= 0.6 is 11.6 Å². The average Bonchev–Trinajstić information content (AvgIpc) is 3.31. The molecule has 0 aliphatic carbocycles. The first-order chi connectivity index (χ1) is 19.0. The van der Waals surface area contributed by atoms with Gasteiger partial charge in [-0.05, 0) is 42.7 Å². The van der Waals surface area contributed by atoms with Crippen molar-refractivity contribution in [3.63, 3.8) is 0 Å². The van der Waals surface area contributed by atoms with E-state index in [9.17, 15) is 27.2 Å². The fraction of sp³-hybridized carbons (Fsp3) is 0.250. The van der Waals surface area contributed by atoms with Crippen LogP contribution in [0, 0.1) is 5.82 Å². The Labute approximate surface area is 231 Å². The molecule has 0 spiro atoms. The highest BCUT2D eigenvalue weighted by atomic mass is 35.5. The second-order valence-corrected chi connectivity index (χ2v) is 9.28. The number of halogens is 5. The summed E-state index contributed by atoms with van der Waals surface area (Å²) in [7, 11) is 1.42. The fourth-order valence-corrected chi connectivity index (χ4v) is 4.30. The quantitative estimate of drug-likeness (QED) is 0.179. The molecule has 1 heterocycles. The first-order valence-electron chi connectivity index (χ1n) is 12.1. The van der Waals surface area contributed by atoms with Crippen molar-refractivity contribution in [3.8, 4) is 11.5 Å². The number of benzene rings is 3. The molecule has 7 nitrogen and oxygen atoms in total. The molecule has 3 aromatic carbocycles. The average molecular weight is 579 g/mol. The summed E-state index contributed by atoms with van der Waals surface area (Å²) in [4.78, 5) is 30.3. The number of hydrogen-bond acceptors (Lipinski definition) is 5. The van der Waals surface area contributed by atoms with Gasteiger partial charge in [-0.25, -0.2) is 9.38 Å². The molecule has 0 fully saturated rings. The highest BCUT2D eigenvalue weighted by Gasteiger charge is 2.38. The largest absolute Gasteiger partial charge is 0.497 e. The molecule has 0 unspecified atom stereocenters. The van der Waals surface area contributed by atoms with Crippen molar-refractivity contribution in [2.45, 2.75) is 25.4 Å². The van der Waals surface area contributed by atoms with E-state index in [0.717, 1.165) is 11.0 Å². The van der Waals surface area contributed by atoms with Crippen LogP contribution in [0.15, 0.2) is 59.6 Å². The van der Waals surface area contributed by atoms with Gasteiger partial charge in [-0.15, -0.1) is 0 Å². The number of carbonyl (C=O) groups is 2. The maximum absolute atomic E-state index is 14.2. The molecular formula is C28H23ClF4N2O5. The van der Waals surface area contributed by atoms with E-state index in [1.54, 1.807) is 18.2 Å². The molecule has 40 heavy (non-hydrogen) atoms. The lowest BCUT2D eigenvalue weighted by Crippen LogP contribution is -2.36. The lowest BCUT2D eigenvalue weighted by Gasteiger charge is -2.20. The van der Waals surface area contributed by atoms with Gasteiger partial charge in [-0.1, -0.05) is 23.7 Å². The number of amides is 1. The lowest BCUT2D eigenvalue weighted by atomic mass is 10.1. The number of anilines is 1. The van der Waals surface area contributed by atoms with Gasteiger partial charge < -0.3 is 19.5 Å². The van der Waals surface area contributed by atoms with Gasteiger partial charge in [0.2, 0.25) is 0 Å². The monoisotopic (exact) mass is 578 g/mol. The van der Waals surface area contributed by atoms with E-state index in [-0.39, 0.29) is 55.1 Å². The third kappa shape index (κ3) is 6.71. The van der Waals surface area contributed by atoms with E-state index in [4.69, 9.17) is 26.2 Å². The summed E-state index contributed by atoms with van der Waals surface area (Å²) in [5, 5.41) is 9.22. The van der Waals surface area contributed by atoms with E-state index >= 15 is 0 Å². The summed E-state index contributed by atoms with van der Waals surface area (Å²) in [6, 6.07) is 12.2. The van der Waals surface area contributed by atoms with Crippen LogP contribution in [-0.4, -0.2) is 43.0 Å². The molecule has 1 aliphatic rings. The zero-order valence-electron chi connectivity index (χ0n) is 21.1. The van der Waals surface area contributed by atoms with Crippen LogP contribution in [0.3, 0.4) is 0 Å². The minimum Gasteiger partial charge on any atom is -0.497 e. The molecule has 0 aromatic heterocycles. The Kier molecular flexibility index (Phi) is 8.63. The highest BCUT2D eigenvalue weighted by molar-refractivity contribution is 6.50. The molecule has 210 valence electrons. The molecule has 1 amide bonds. The number of methoxy groups -OCH3 is 1. The van der Waals surface area contributed by atoms with Gasteiger partial charge in [0.25, 0.3) is 5.91 Å². The summed E-state index contributed by atoms with van der Waals surface area (Å²) in [6.07, 6.45) is -4.60. The number of aliphatic imine (C=N–C) groups is 1. The molecule has 12 heteroatoms. The second-order valence-electron chi connectivity index (χ2n) is 8.85. The molecule has 3 aromatic rings. The number of carboxylic acids is 1. The highest BCUT2D eigenvalue weighted by Crippen LogP contribution is 2.38. The molecule has 0 bridgehead atoms. The van der Waals surface area contributed by atoms with Gasteiger partial charge in [-0.2, -0.15) is 13.2 Å². The summed E-state index contributed by atoms with van der Waals surface area (Å²) in [5.74, 6) is -2.41. The first kappa shape index (κ1) is 28.9. The Morgan fingerprint density at radius 1 is 1.07 bits per heavy atom. The Hall–Kier alpha value is -4.12. The molecule has 0 saturated carbocycles. The Balaban J connectivity index is 1.75. The zero-order chi connectivity index (χ0) is 29.0. The summed E-state index contributed by atoms with van der Waals surface area (Å²) < 4.78 is 65.4. The fourth-order valence-electron chi connectivity index (χ4n) is 4.17. The number of ether oxygens (including phenoxy) is 2. The summed E-state index contributed by atoms with van der Waals surface area (Å²) in [5.41, 5.74) is -0.768. The van der Waals surface area contributed by atoms with E-state index in [1.807, 2.05) is 0 Å². The van der Waals surface area contributed by atoms with Crippen molar-refractivity contribution in [2.75, 3.05) is 25.2 Å². The molecule has 1 aliphatic heterocycles.